The van der Waals surface area contributed by atoms with Crippen molar-refractivity contribution >= 4 is 18.3 Å². The van der Waals surface area contributed by atoms with Gasteiger partial charge in [-0.3, -0.25) is 4.79 Å². The topological polar surface area (TPSA) is 81.8 Å². The predicted octanol–water partition coefficient (Wildman–Crippen LogP) is -0.794. The Balaban J connectivity index is 2.31. The lowest BCUT2D eigenvalue weighted by molar-refractivity contribution is -0.134. The summed E-state index contributed by atoms with van der Waals surface area (Å²) in [5, 5.41) is 0. The average Bonchev–Trinajstić information content (AvgIpc) is 2.31. The fraction of sp³-hybridized carbons (Fsp3) is 0.500. The van der Waals surface area contributed by atoms with E-state index in [1.54, 1.807) is 0 Å². The first kappa shape index (κ1) is 7.71. The Morgan fingerprint density at radius 3 is 3.00 bits per heavy atom. The maximum Gasteiger partial charge on any atom is 0.337 e. The number of hydrogen-bond donors (Lipinski definition) is 1. The molecule has 0 radical (unpaired) electrons. The van der Waals surface area contributed by atoms with Gasteiger partial charge < -0.3 is 10.5 Å². The van der Waals surface area contributed by atoms with E-state index in [0.29, 0.717) is 6.42 Å². The number of nitrogens with zero attached hydrogens (tertiary/aromatic N) is 1. The number of primary amides is 1. The lowest BCUT2D eigenvalue weighted by Crippen LogP contribution is -2.18. The van der Waals surface area contributed by atoms with Crippen LogP contribution in [-0.2, 0) is 14.3 Å². The van der Waals surface area contributed by atoms with Crippen LogP contribution in [-0.4, -0.2) is 24.3 Å². The fourth-order valence-electron chi connectivity index (χ4n) is 0.767. The lowest BCUT2D eigenvalue weighted by atomic mass is 10.2. The third kappa shape index (κ3) is 2.03. The van der Waals surface area contributed by atoms with Gasteiger partial charge in [0.2, 0.25) is 5.91 Å². The van der Waals surface area contributed by atoms with Crippen molar-refractivity contribution in [2.45, 2.75) is 18.9 Å². The predicted molar refractivity (Wildman–Crippen MR) is 36.8 cm³/mol. The third-order valence-electron chi connectivity index (χ3n) is 1.35. The first-order valence-corrected chi connectivity index (χ1v) is 3.20. The molecule has 1 aliphatic rings. The summed E-state index contributed by atoms with van der Waals surface area (Å²) in [5.74, 6) is -0.842. The van der Waals surface area contributed by atoms with E-state index in [4.69, 9.17) is 5.73 Å². The van der Waals surface area contributed by atoms with Crippen LogP contribution in [0.2, 0.25) is 0 Å². The molecule has 0 aromatic carbocycles. The number of aliphatic imine (C=N–C) groups is 1. The molecular formula is C6H8N2O3. The second-order valence-corrected chi connectivity index (χ2v) is 2.21. The number of ether oxygens (including phenoxy) is 1. The molecule has 1 atom stereocenters. The van der Waals surface area contributed by atoms with Crippen molar-refractivity contribution in [1.29, 1.82) is 0 Å². The van der Waals surface area contributed by atoms with Crippen LogP contribution in [0.5, 0.6) is 0 Å². The molecule has 0 bridgehead atoms. The number of esters is 1. The smallest absolute Gasteiger partial charge is 0.337 e. The van der Waals surface area contributed by atoms with Crippen molar-refractivity contribution < 1.29 is 14.3 Å². The molecule has 0 aromatic heterocycles. The first-order chi connectivity index (χ1) is 5.20. The first-order valence-electron chi connectivity index (χ1n) is 3.20. The van der Waals surface area contributed by atoms with Crippen LogP contribution < -0.4 is 5.73 Å². The monoisotopic (exact) mass is 156 g/mol. The van der Waals surface area contributed by atoms with E-state index in [1.165, 1.54) is 0 Å². The summed E-state index contributed by atoms with van der Waals surface area (Å²) in [6.45, 7) is 0. The van der Waals surface area contributed by atoms with Crippen molar-refractivity contribution in [3.05, 3.63) is 0 Å². The number of rotatable bonds is 3. The number of carbonyl (C=O) groups is 2. The Hall–Kier alpha value is -1.39. The molecule has 0 unspecified atom stereocenters. The van der Waals surface area contributed by atoms with Gasteiger partial charge in [-0.25, -0.2) is 9.79 Å². The Labute approximate surface area is 63.2 Å². The van der Waals surface area contributed by atoms with Crippen molar-refractivity contribution in [2.75, 3.05) is 0 Å². The molecule has 1 heterocycles. The van der Waals surface area contributed by atoms with Crippen LogP contribution in [0.1, 0.15) is 12.8 Å². The molecule has 0 saturated heterocycles. The summed E-state index contributed by atoms with van der Waals surface area (Å²) in [4.78, 5) is 24.7. The molecule has 2 N–H and O–H groups in total. The molecule has 1 amide bonds. The molecule has 0 fully saturated rings. The zero-order valence-corrected chi connectivity index (χ0v) is 5.82. The molecule has 0 saturated carbocycles. The van der Waals surface area contributed by atoms with Crippen LogP contribution in [0, 0.1) is 0 Å². The third-order valence-corrected chi connectivity index (χ3v) is 1.35. The maximum absolute atomic E-state index is 10.7. The van der Waals surface area contributed by atoms with E-state index in [9.17, 15) is 9.59 Å². The minimum absolute atomic E-state index is 0.164. The lowest BCUT2D eigenvalue weighted by Gasteiger charge is -1.99. The molecule has 0 aliphatic carbocycles. The summed E-state index contributed by atoms with van der Waals surface area (Å²) in [6.07, 6.45) is 1.59. The van der Waals surface area contributed by atoms with Gasteiger partial charge >= 0.3 is 5.97 Å². The van der Waals surface area contributed by atoms with Gasteiger partial charge in [-0.15, -0.1) is 0 Å². The Bertz CT molecular complexity index is 212. The highest BCUT2D eigenvalue weighted by Crippen LogP contribution is 2.07. The van der Waals surface area contributed by atoms with E-state index < -0.39 is 17.9 Å². The van der Waals surface area contributed by atoms with Crippen molar-refractivity contribution in [1.82, 2.24) is 0 Å². The zero-order valence-electron chi connectivity index (χ0n) is 5.82. The van der Waals surface area contributed by atoms with Crippen molar-refractivity contribution in [3.63, 3.8) is 0 Å². The van der Waals surface area contributed by atoms with Gasteiger partial charge in [0.15, 0.2) is 12.4 Å². The molecule has 0 spiro atoms. The second-order valence-electron chi connectivity index (χ2n) is 2.21. The Kier molecular flexibility index (Phi) is 2.20. The summed E-state index contributed by atoms with van der Waals surface area (Å²) < 4.78 is 4.42. The normalized spacial score (nSPS) is 21.8. The number of cyclic esters (lactones) is 1. The van der Waals surface area contributed by atoms with Gasteiger partial charge in [0.25, 0.3) is 0 Å². The van der Waals surface area contributed by atoms with Crippen LogP contribution in [0.25, 0.3) is 0 Å². The van der Waals surface area contributed by atoms with Crippen LogP contribution in [0.4, 0.5) is 0 Å². The summed E-state index contributed by atoms with van der Waals surface area (Å²) in [7, 11) is 0. The number of hydrogen-bond acceptors (Lipinski definition) is 4. The minimum Gasteiger partial charge on any atom is -0.413 e. The molecule has 1 aliphatic heterocycles. The molecule has 5 heteroatoms. The van der Waals surface area contributed by atoms with Gasteiger partial charge in [0.05, 0.1) is 0 Å². The molecule has 11 heavy (non-hydrogen) atoms. The van der Waals surface area contributed by atoms with E-state index in [0.717, 1.165) is 6.40 Å². The van der Waals surface area contributed by atoms with Gasteiger partial charge in [0.1, 0.15) is 0 Å². The number of carbonyl (C=O) groups excluding carboxylic acids is 2. The Morgan fingerprint density at radius 2 is 2.55 bits per heavy atom. The highest BCUT2D eigenvalue weighted by atomic mass is 16.5. The van der Waals surface area contributed by atoms with E-state index >= 15 is 0 Å². The molecule has 0 aromatic rings. The summed E-state index contributed by atoms with van der Waals surface area (Å²) in [5.41, 5.74) is 4.87. The highest BCUT2D eigenvalue weighted by molar-refractivity contribution is 5.88. The summed E-state index contributed by atoms with van der Waals surface area (Å²) in [6, 6.07) is -0.525. The van der Waals surface area contributed by atoms with Gasteiger partial charge in [-0.2, -0.15) is 0 Å². The largest absolute Gasteiger partial charge is 0.413 e. The standard InChI is InChI=1S/C6H8N2O3/c7-5(9)2-1-4-6(10)11-3-8-4/h3-4H,1-2H2,(H2,7,9)/t4-/m0/s1. The highest BCUT2D eigenvalue weighted by Gasteiger charge is 2.22. The van der Waals surface area contributed by atoms with Gasteiger partial charge in [-0.05, 0) is 6.42 Å². The van der Waals surface area contributed by atoms with E-state index in [-0.39, 0.29) is 6.42 Å². The minimum atomic E-state index is -0.525. The summed E-state index contributed by atoms with van der Waals surface area (Å²) >= 11 is 0. The Morgan fingerprint density at radius 1 is 1.82 bits per heavy atom. The molecular weight excluding hydrogens is 148 g/mol. The van der Waals surface area contributed by atoms with Crippen LogP contribution in [0.3, 0.4) is 0 Å². The van der Waals surface area contributed by atoms with Crippen molar-refractivity contribution in [3.8, 4) is 0 Å². The number of nitrogens with two attached hydrogens (primary N) is 1. The van der Waals surface area contributed by atoms with Gasteiger partial charge in [-0.1, -0.05) is 0 Å². The second kappa shape index (κ2) is 3.14. The van der Waals surface area contributed by atoms with E-state index in [1.807, 2.05) is 0 Å². The van der Waals surface area contributed by atoms with Gasteiger partial charge in [0, 0.05) is 6.42 Å². The zero-order chi connectivity index (χ0) is 8.27. The number of amides is 1. The fourth-order valence-corrected chi connectivity index (χ4v) is 0.767. The molecule has 60 valence electrons. The molecule has 5 nitrogen and oxygen atoms in total. The molecule has 1 rings (SSSR count). The van der Waals surface area contributed by atoms with Crippen LogP contribution >= 0.6 is 0 Å². The van der Waals surface area contributed by atoms with E-state index in [2.05, 4.69) is 9.73 Å². The maximum atomic E-state index is 10.7. The quantitative estimate of drug-likeness (QED) is 0.543. The van der Waals surface area contributed by atoms with Crippen molar-refractivity contribution in [2.24, 2.45) is 10.7 Å². The van der Waals surface area contributed by atoms with Crippen LogP contribution in [0.15, 0.2) is 4.99 Å². The average molecular weight is 156 g/mol. The SMILES string of the molecule is NC(=O)CC[C@@H]1N=COC1=O.